The molecule has 1 atom stereocenters. The molecule has 0 bridgehead atoms. The molecule has 0 spiro atoms. The van der Waals surface area contributed by atoms with E-state index in [2.05, 4.69) is 6.58 Å². The molecule has 0 aliphatic carbocycles. The maximum Gasteiger partial charge on any atom is 0.210 e. The third-order valence-electron chi connectivity index (χ3n) is 3.78. The van der Waals surface area contributed by atoms with Crippen molar-refractivity contribution >= 4 is 12.0 Å². The van der Waals surface area contributed by atoms with Crippen molar-refractivity contribution in [3.05, 3.63) is 77.9 Å². The van der Waals surface area contributed by atoms with Crippen molar-refractivity contribution < 1.29 is 13.6 Å². The Morgan fingerprint density at radius 3 is 2.87 bits per heavy atom. The quantitative estimate of drug-likeness (QED) is 0.436. The summed E-state index contributed by atoms with van der Waals surface area (Å²) in [6.07, 6.45) is 10.6. The molecule has 1 amide bonds. The van der Waals surface area contributed by atoms with Crippen LogP contribution in [0.1, 0.15) is 18.9 Å². The first kappa shape index (κ1) is 16.9. The predicted molar refractivity (Wildman–Crippen MR) is 88.6 cm³/mol. The van der Waals surface area contributed by atoms with Gasteiger partial charge in [0, 0.05) is 12.1 Å². The van der Waals surface area contributed by atoms with Gasteiger partial charge in [0.1, 0.15) is 11.6 Å². The third kappa shape index (κ3) is 3.83. The first-order valence-electron chi connectivity index (χ1n) is 7.40. The zero-order valence-electron chi connectivity index (χ0n) is 13.0. The Kier molecular flexibility index (Phi) is 5.63. The molecular formula is C19H19F2NO. The molecule has 0 saturated heterocycles. The number of carbonyl (C=O) groups is 1. The van der Waals surface area contributed by atoms with E-state index in [1.165, 1.54) is 0 Å². The Morgan fingerprint density at radius 2 is 2.22 bits per heavy atom. The first-order valence-corrected chi connectivity index (χ1v) is 7.40. The standard InChI is InChI=1S/C19H19F2NO/c1-3-5-7-14(6-4-2)19-10-15(12-22(19)13-23)17-11-16(20)8-9-18(17)21/h3-6,8-11,13,19H,2,7,12H2,1H3/b5-3-,14-6+. The van der Waals surface area contributed by atoms with Crippen LogP contribution in [0.3, 0.4) is 0 Å². The highest BCUT2D eigenvalue weighted by Gasteiger charge is 2.27. The summed E-state index contributed by atoms with van der Waals surface area (Å²) >= 11 is 0. The van der Waals surface area contributed by atoms with Crippen molar-refractivity contribution in [2.24, 2.45) is 0 Å². The normalized spacial score (nSPS) is 18.4. The van der Waals surface area contributed by atoms with E-state index in [4.69, 9.17) is 0 Å². The Labute approximate surface area is 135 Å². The molecule has 2 rings (SSSR count). The molecule has 0 saturated carbocycles. The smallest absolute Gasteiger partial charge is 0.210 e. The SMILES string of the molecule is C=C/C=C(\C/C=C\C)C1C=C(c2cc(F)ccc2F)CN1C=O. The van der Waals surface area contributed by atoms with Gasteiger partial charge in [0.25, 0.3) is 0 Å². The van der Waals surface area contributed by atoms with Crippen LogP contribution in [-0.2, 0) is 4.79 Å². The zero-order chi connectivity index (χ0) is 16.8. The van der Waals surface area contributed by atoms with Gasteiger partial charge in [-0.15, -0.1) is 0 Å². The molecule has 1 unspecified atom stereocenters. The zero-order valence-corrected chi connectivity index (χ0v) is 13.0. The number of halogens is 2. The van der Waals surface area contributed by atoms with Crippen LogP contribution in [-0.4, -0.2) is 23.9 Å². The van der Waals surface area contributed by atoms with Crippen molar-refractivity contribution in [2.45, 2.75) is 19.4 Å². The Balaban J connectivity index is 2.40. The second kappa shape index (κ2) is 7.68. The molecular weight excluding hydrogens is 296 g/mol. The molecule has 0 aromatic heterocycles. The molecule has 1 aromatic carbocycles. The van der Waals surface area contributed by atoms with Crippen LogP contribution in [0.5, 0.6) is 0 Å². The van der Waals surface area contributed by atoms with Gasteiger partial charge in [-0.2, -0.15) is 0 Å². The molecule has 0 N–H and O–H groups in total. The van der Waals surface area contributed by atoms with Gasteiger partial charge in [0.15, 0.2) is 0 Å². The van der Waals surface area contributed by atoms with E-state index in [1.54, 1.807) is 11.0 Å². The molecule has 1 aliphatic heterocycles. The maximum atomic E-state index is 14.0. The van der Waals surface area contributed by atoms with Gasteiger partial charge in [-0.05, 0) is 42.7 Å². The molecule has 0 fully saturated rings. The van der Waals surface area contributed by atoms with E-state index < -0.39 is 11.6 Å². The summed E-state index contributed by atoms with van der Waals surface area (Å²) in [5.74, 6) is -0.994. The molecule has 120 valence electrons. The number of hydrogen-bond donors (Lipinski definition) is 0. The average molecular weight is 315 g/mol. The van der Waals surface area contributed by atoms with Crippen LogP contribution in [0.4, 0.5) is 8.78 Å². The summed E-state index contributed by atoms with van der Waals surface area (Å²) in [5, 5.41) is 0. The molecule has 1 aliphatic rings. The minimum absolute atomic E-state index is 0.198. The number of nitrogens with zero attached hydrogens (tertiary/aromatic N) is 1. The number of carbonyl (C=O) groups excluding carboxylic acids is 1. The number of hydrogen-bond acceptors (Lipinski definition) is 1. The molecule has 2 nitrogen and oxygen atoms in total. The van der Waals surface area contributed by atoms with Crippen molar-refractivity contribution in [2.75, 3.05) is 6.54 Å². The van der Waals surface area contributed by atoms with Gasteiger partial charge in [-0.25, -0.2) is 8.78 Å². The number of rotatable bonds is 6. The van der Waals surface area contributed by atoms with Crippen molar-refractivity contribution in [1.29, 1.82) is 0 Å². The summed E-state index contributed by atoms with van der Waals surface area (Å²) in [6, 6.07) is 3.07. The number of amides is 1. The van der Waals surface area contributed by atoms with E-state index >= 15 is 0 Å². The van der Waals surface area contributed by atoms with Crippen LogP contribution < -0.4 is 0 Å². The van der Waals surface area contributed by atoms with Crippen molar-refractivity contribution in [3.8, 4) is 0 Å². The molecule has 0 radical (unpaired) electrons. The van der Waals surface area contributed by atoms with E-state index in [-0.39, 0.29) is 18.2 Å². The highest BCUT2D eigenvalue weighted by atomic mass is 19.1. The largest absolute Gasteiger partial charge is 0.331 e. The predicted octanol–water partition coefficient (Wildman–Crippen LogP) is 4.27. The second-order valence-electron chi connectivity index (χ2n) is 5.29. The number of allylic oxidation sites excluding steroid dienone is 4. The fourth-order valence-corrected chi connectivity index (χ4v) is 2.67. The van der Waals surface area contributed by atoms with E-state index in [0.717, 1.165) is 30.2 Å². The third-order valence-corrected chi connectivity index (χ3v) is 3.78. The lowest BCUT2D eigenvalue weighted by molar-refractivity contribution is -0.117. The fraction of sp³-hybridized carbons (Fsp3) is 0.211. The van der Waals surface area contributed by atoms with E-state index in [9.17, 15) is 13.6 Å². The topological polar surface area (TPSA) is 20.3 Å². The van der Waals surface area contributed by atoms with Gasteiger partial charge in [0.05, 0.1) is 6.04 Å². The van der Waals surface area contributed by atoms with Crippen molar-refractivity contribution in [3.63, 3.8) is 0 Å². The lowest BCUT2D eigenvalue weighted by Crippen LogP contribution is -2.30. The molecule has 1 aromatic rings. The molecule has 4 heteroatoms. The van der Waals surface area contributed by atoms with Gasteiger partial charge in [0.2, 0.25) is 6.41 Å². The molecule has 1 heterocycles. The van der Waals surface area contributed by atoms with Crippen LogP contribution in [0.2, 0.25) is 0 Å². The van der Waals surface area contributed by atoms with Crippen molar-refractivity contribution in [1.82, 2.24) is 4.90 Å². The summed E-state index contributed by atoms with van der Waals surface area (Å²) in [7, 11) is 0. The van der Waals surface area contributed by atoms with Gasteiger partial charge < -0.3 is 4.90 Å². The van der Waals surface area contributed by atoms with Crippen LogP contribution >= 0.6 is 0 Å². The Morgan fingerprint density at radius 1 is 1.43 bits per heavy atom. The van der Waals surface area contributed by atoms with Crippen LogP contribution in [0, 0.1) is 11.6 Å². The highest BCUT2D eigenvalue weighted by Crippen LogP contribution is 2.30. The second-order valence-corrected chi connectivity index (χ2v) is 5.29. The van der Waals surface area contributed by atoms with Gasteiger partial charge in [-0.3, -0.25) is 4.79 Å². The summed E-state index contributed by atoms with van der Waals surface area (Å²) in [6.45, 7) is 5.86. The minimum Gasteiger partial charge on any atom is -0.331 e. The average Bonchev–Trinajstić information content (AvgIpc) is 2.97. The summed E-state index contributed by atoms with van der Waals surface area (Å²) < 4.78 is 27.4. The maximum absolute atomic E-state index is 14.0. The Hall–Kier alpha value is -2.49. The van der Waals surface area contributed by atoms with E-state index in [0.29, 0.717) is 12.0 Å². The lowest BCUT2D eigenvalue weighted by Gasteiger charge is -2.22. The Bertz CT molecular complexity index is 689. The molecule has 23 heavy (non-hydrogen) atoms. The summed E-state index contributed by atoms with van der Waals surface area (Å²) in [4.78, 5) is 13.0. The van der Waals surface area contributed by atoms with Crippen LogP contribution in [0.25, 0.3) is 5.57 Å². The summed E-state index contributed by atoms with van der Waals surface area (Å²) in [5.41, 5.74) is 1.77. The minimum atomic E-state index is -0.501. The lowest BCUT2D eigenvalue weighted by atomic mass is 10.0. The fourth-order valence-electron chi connectivity index (χ4n) is 2.67. The monoisotopic (exact) mass is 315 g/mol. The first-order chi connectivity index (χ1) is 11.1. The van der Waals surface area contributed by atoms with Crippen LogP contribution in [0.15, 0.2) is 60.7 Å². The highest BCUT2D eigenvalue weighted by molar-refractivity contribution is 5.74. The van der Waals surface area contributed by atoms with Gasteiger partial charge >= 0.3 is 0 Å². The van der Waals surface area contributed by atoms with Gasteiger partial charge in [-0.1, -0.05) is 37.0 Å². The van der Waals surface area contributed by atoms with E-state index in [1.807, 2.05) is 31.2 Å². The number of benzene rings is 1.